The van der Waals surface area contributed by atoms with Crippen molar-refractivity contribution in [2.75, 3.05) is 20.3 Å². The molecule has 0 aliphatic carbocycles. The third-order valence-corrected chi connectivity index (χ3v) is 2.35. The van der Waals surface area contributed by atoms with Gasteiger partial charge in [-0.2, -0.15) is 0 Å². The third kappa shape index (κ3) is 5.09. The first-order chi connectivity index (χ1) is 9.04. The summed E-state index contributed by atoms with van der Waals surface area (Å²) >= 11 is 0. The molecule has 5 heteroatoms. The molecule has 0 fully saturated rings. The summed E-state index contributed by atoms with van der Waals surface area (Å²) in [6.07, 6.45) is -0.329. The van der Waals surface area contributed by atoms with E-state index in [2.05, 4.69) is 0 Å². The molecule has 0 aromatic heterocycles. The first kappa shape index (κ1) is 15.2. The molecule has 0 N–H and O–H groups in total. The summed E-state index contributed by atoms with van der Waals surface area (Å²) in [5.41, 5.74) is 0.445. The Morgan fingerprint density at radius 1 is 1.26 bits per heavy atom. The highest BCUT2D eigenvalue weighted by Gasteiger charge is 2.12. The van der Waals surface area contributed by atoms with Crippen molar-refractivity contribution in [3.05, 3.63) is 29.8 Å². The number of ketones is 1. The molecule has 5 nitrogen and oxygen atoms in total. The standard InChI is InChI=1S/C14H18O5/c1-10(8-17-3)19-14(16)9-18-13-7-5-4-6-12(13)11(2)15/h4-7,10H,8-9H2,1-3H3. The average Bonchev–Trinajstić information content (AvgIpc) is 2.36. The van der Waals surface area contributed by atoms with Crippen molar-refractivity contribution in [2.45, 2.75) is 20.0 Å². The Bertz CT molecular complexity index is 441. The molecule has 0 amide bonds. The van der Waals surface area contributed by atoms with Crippen LogP contribution in [0.4, 0.5) is 0 Å². The number of carbonyl (C=O) groups excluding carboxylic acids is 2. The number of carbonyl (C=O) groups is 2. The van der Waals surface area contributed by atoms with Gasteiger partial charge >= 0.3 is 5.97 Å². The van der Waals surface area contributed by atoms with Crippen molar-refractivity contribution >= 4 is 11.8 Å². The molecule has 0 saturated heterocycles. The van der Waals surface area contributed by atoms with Crippen LogP contribution in [0.2, 0.25) is 0 Å². The quantitative estimate of drug-likeness (QED) is 0.556. The topological polar surface area (TPSA) is 61.8 Å². The molecule has 0 radical (unpaired) electrons. The van der Waals surface area contributed by atoms with Crippen molar-refractivity contribution in [3.63, 3.8) is 0 Å². The summed E-state index contributed by atoms with van der Waals surface area (Å²) in [5, 5.41) is 0. The molecule has 1 aromatic carbocycles. The summed E-state index contributed by atoms with van der Waals surface area (Å²) in [7, 11) is 1.53. The fraction of sp³-hybridized carbons (Fsp3) is 0.429. The highest BCUT2D eigenvalue weighted by molar-refractivity contribution is 5.96. The Balaban J connectivity index is 2.53. The molecule has 1 aromatic rings. The summed E-state index contributed by atoms with van der Waals surface area (Å²) in [6, 6.07) is 6.77. The summed E-state index contributed by atoms with van der Waals surface area (Å²) in [4.78, 5) is 22.9. The van der Waals surface area contributed by atoms with Crippen LogP contribution in [0.3, 0.4) is 0 Å². The summed E-state index contributed by atoms with van der Waals surface area (Å²) in [5.74, 6) is -0.231. The van der Waals surface area contributed by atoms with E-state index in [1.807, 2.05) is 0 Å². The Morgan fingerprint density at radius 2 is 1.95 bits per heavy atom. The highest BCUT2D eigenvalue weighted by Crippen LogP contribution is 2.18. The molecule has 1 unspecified atom stereocenters. The molecule has 1 atom stereocenters. The number of hydrogen-bond donors (Lipinski definition) is 0. The molecular weight excluding hydrogens is 248 g/mol. The van der Waals surface area contributed by atoms with Gasteiger partial charge in [0.25, 0.3) is 0 Å². The van der Waals surface area contributed by atoms with E-state index in [4.69, 9.17) is 14.2 Å². The lowest BCUT2D eigenvalue weighted by Gasteiger charge is -2.13. The Morgan fingerprint density at radius 3 is 2.58 bits per heavy atom. The van der Waals surface area contributed by atoms with Crippen LogP contribution in [0.15, 0.2) is 24.3 Å². The zero-order chi connectivity index (χ0) is 14.3. The van der Waals surface area contributed by atoms with Gasteiger partial charge in [-0.05, 0) is 26.0 Å². The van der Waals surface area contributed by atoms with Crippen LogP contribution < -0.4 is 4.74 Å². The SMILES string of the molecule is COCC(C)OC(=O)COc1ccccc1C(C)=O. The minimum Gasteiger partial charge on any atom is -0.481 e. The number of para-hydroxylation sites is 1. The first-order valence-corrected chi connectivity index (χ1v) is 5.95. The number of methoxy groups -OCH3 is 1. The molecule has 104 valence electrons. The van der Waals surface area contributed by atoms with Gasteiger partial charge in [-0.15, -0.1) is 0 Å². The third-order valence-electron chi connectivity index (χ3n) is 2.35. The maximum absolute atomic E-state index is 11.5. The van der Waals surface area contributed by atoms with Crippen LogP contribution in [0.5, 0.6) is 5.75 Å². The van der Waals surface area contributed by atoms with E-state index >= 15 is 0 Å². The molecule has 19 heavy (non-hydrogen) atoms. The summed E-state index contributed by atoms with van der Waals surface area (Å²) in [6.45, 7) is 3.26. The lowest BCUT2D eigenvalue weighted by molar-refractivity contribution is -0.152. The molecular formula is C14H18O5. The van der Waals surface area contributed by atoms with E-state index in [1.54, 1.807) is 31.2 Å². The molecule has 0 saturated carbocycles. The Labute approximate surface area is 112 Å². The van der Waals surface area contributed by atoms with Crippen LogP contribution in [-0.2, 0) is 14.3 Å². The number of rotatable bonds is 7. The van der Waals surface area contributed by atoms with E-state index in [0.717, 1.165) is 0 Å². The highest BCUT2D eigenvalue weighted by atomic mass is 16.6. The predicted octanol–water partition coefficient (Wildman–Crippen LogP) is 1.85. The van der Waals surface area contributed by atoms with Gasteiger partial charge in [-0.3, -0.25) is 4.79 Å². The number of esters is 1. The Kier molecular flexibility index (Phi) is 6.02. The van der Waals surface area contributed by atoms with E-state index < -0.39 is 5.97 Å². The van der Waals surface area contributed by atoms with Crippen molar-refractivity contribution in [3.8, 4) is 5.75 Å². The summed E-state index contributed by atoms with van der Waals surface area (Å²) < 4.78 is 15.2. The van der Waals surface area contributed by atoms with Gasteiger partial charge in [0.2, 0.25) is 0 Å². The number of benzene rings is 1. The van der Waals surface area contributed by atoms with Gasteiger partial charge in [0.15, 0.2) is 12.4 Å². The maximum atomic E-state index is 11.5. The average molecular weight is 266 g/mol. The first-order valence-electron chi connectivity index (χ1n) is 5.95. The van der Waals surface area contributed by atoms with Crippen LogP contribution in [-0.4, -0.2) is 38.2 Å². The second kappa shape index (κ2) is 7.53. The monoisotopic (exact) mass is 266 g/mol. The van der Waals surface area contributed by atoms with Crippen LogP contribution in [0.25, 0.3) is 0 Å². The van der Waals surface area contributed by atoms with Crippen molar-refractivity contribution in [1.82, 2.24) is 0 Å². The van der Waals surface area contributed by atoms with E-state index in [1.165, 1.54) is 14.0 Å². The predicted molar refractivity (Wildman–Crippen MR) is 69.4 cm³/mol. The molecule has 0 spiro atoms. The van der Waals surface area contributed by atoms with Crippen molar-refractivity contribution < 1.29 is 23.8 Å². The minimum atomic E-state index is -0.497. The van der Waals surface area contributed by atoms with Gasteiger partial charge in [-0.25, -0.2) is 4.79 Å². The van der Waals surface area contributed by atoms with Gasteiger partial charge in [-0.1, -0.05) is 12.1 Å². The molecule has 0 aliphatic heterocycles. The van der Waals surface area contributed by atoms with E-state index in [-0.39, 0.29) is 18.5 Å². The fourth-order valence-corrected chi connectivity index (χ4v) is 1.55. The van der Waals surface area contributed by atoms with Crippen molar-refractivity contribution in [1.29, 1.82) is 0 Å². The zero-order valence-electron chi connectivity index (χ0n) is 11.3. The normalized spacial score (nSPS) is 11.7. The Hall–Kier alpha value is -1.88. The van der Waals surface area contributed by atoms with E-state index in [0.29, 0.717) is 17.9 Å². The molecule has 0 heterocycles. The van der Waals surface area contributed by atoms with Crippen LogP contribution >= 0.6 is 0 Å². The fourth-order valence-electron chi connectivity index (χ4n) is 1.55. The zero-order valence-corrected chi connectivity index (χ0v) is 11.3. The molecule has 0 aliphatic rings. The second-order valence-corrected chi connectivity index (χ2v) is 4.10. The van der Waals surface area contributed by atoms with Crippen LogP contribution in [0.1, 0.15) is 24.2 Å². The number of Topliss-reactive ketones (excluding diaryl/α,β-unsaturated/α-hetero) is 1. The van der Waals surface area contributed by atoms with Crippen molar-refractivity contribution in [2.24, 2.45) is 0 Å². The number of ether oxygens (including phenoxy) is 3. The van der Waals surface area contributed by atoms with Gasteiger partial charge in [0.1, 0.15) is 11.9 Å². The number of hydrogen-bond acceptors (Lipinski definition) is 5. The molecule has 0 bridgehead atoms. The lowest BCUT2D eigenvalue weighted by atomic mass is 10.1. The lowest BCUT2D eigenvalue weighted by Crippen LogP contribution is -2.24. The largest absolute Gasteiger partial charge is 0.481 e. The maximum Gasteiger partial charge on any atom is 0.344 e. The van der Waals surface area contributed by atoms with Gasteiger partial charge in [0.05, 0.1) is 12.2 Å². The van der Waals surface area contributed by atoms with Gasteiger partial charge < -0.3 is 14.2 Å². The van der Waals surface area contributed by atoms with E-state index in [9.17, 15) is 9.59 Å². The minimum absolute atomic E-state index is 0.114. The van der Waals surface area contributed by atoms with Crippen LogP contribution in [0, 0.1) is 0 Å². The smallest absolute Gasteiger partial charge is 0.344 e. The van der Waals surface area contributed by atoms with Gasteiger partial charge in [0, 0.05) is 7.11 Å². The second-order valence-electron chi connectivity index (χ2n) is 4.10. The molecule has 1 rings (SSSR count).